The van der Waals surface area contributed by atoms with Crippen molar-refractivity contribution < 1.29 is 88.4 Å². The van der Waals surface area contributed by atoms with Crippen LogP contribution in [0.4, 0.5) is 5.13 Å². The van der Waals surface area contributed by atoms with E-state index in [4.69, 9.17) is 38.9 Å². The van der Waals surface area contributed by atoms with Gasteiger partial charge in [-0.3, -0.25) is 28.8 Å². The SMILES string of the molecule is CCn1nc(C[N+]2(CC3=C(C(=O)O)N4C(=O)[C@@H](NC(=O)/C(=N\O[C@@H](CC(=O)O)C(=O)O)c5nc(N)sc5Cl)[C@H]4SC3)CCCC2)c(=O)c2c(Cl)c(O)c(O)cc21.[Na+]. The number of hydrogen-bond acceptors (Lipinski definition) is 15. The molecule has 2 amide bonds. The summed E-state index contributed by atoms with van der Waals surface area (Å²) in [5.74, 6) is -7.54. The number of halogens is 2. The maximum atomic E-state index is 13.8. The number of carboxylic acids is 3. The van der Waals surface area contributed by atoms with Crippen LogP contribution in [0, 0.1) is 0 Å². The summed E-state index contributed by atoms with van der Waals surface area (Å²) >= 11 is 14.5. The smallest absolute Gasteiger partial charge is 0.504 e. The van der Waals surface area contributed by atoms with Gasteiger partial charge in [-0.05, 0) is 6.92 Å². The summed E-state index contributed by atoms with van der Waals surface area (Å²) in [4.78, 5) is 86.4. The number of hydrogen-bond donors (Lipinski definition) is 7. The number of nitrogens with zero attached hydrogens (tertiary/aromatic N) is 6. The molecular weight excluding hydrogens is 846 g/mol. The van der Waals surface area contributed by atoms with Crippen molar-refractivity contribution in [1.29, 1.82) is 0 Å². The van der Waals surface area contributed by atoms with Crippen LogP contribution in [0.25, 0.3) is 10.9 Å². The predicted molar refractivity (Wildman–Crippen MR) is 200 cm³/mol. The van der Waals surface area contributed by atoms with Crippen molar-refractivity contribution in [2.45, 2.75) is 56.8 Å². The van der Waals surface area contributed by atoms with Crippen LogP contribution < -0.4 is 46.0 Å². The Morgan fingerprint density at radius 3 is 2.40 bits per heavy atom. The molecule has 2 fully saturated rings. The third-order valence-electron chi connectivity index (χ3n) is 9.52. The maximum absolute atomic E-state index is 13.8. The first-order valence-electron chi connectivity index (χ1n) is 16.8. The zero-order valence-corrected chi connectivity index (χ0v) is 35.2. The Labute approximate surface area is 361 Å². The van der Waals surface area contributed by atoms with Gasteiger partial charge in [0.15, 0.2) is 28.0 Å². The predicted octanol–water partition coefficient (Wildman–Crippen LogP) is -1.62. The van der Waals surface area contributed by atoms with Gasteiger partial charge in [0.1, 0.15) is 40.2 Å². The number of phenols is 2. The monoisotopic (exact) mass is 878 g/mol. The van der Waals surface area contributed by atoms with Crippen LogP contribution in [-0.4, -0.2) is 128 Å². The number of nitrogens with one attached hydrogen (secondary N) is 1. The quantitative estimate of drug-likeness (QED) is 0.0239. The molecule has 3 aliphatic heterocycles. The second-order valence-electron chi connectivity index (χ2n) is 13.1. The minimum atomic E-state index is -2.01. The number of carbonyl (C=O) groups is 5. The minimum absolute atomic E-state index is 0. The van der Waals surface area contributed by atoms with Crippen LogP contribution in [0.5, 0.6) is 11.5 Å². The molecule has 5 heterocycles. The Morgan fingerprint density at radius 1 is 1.14 bits per heavy atom. The number of amides is 2. The molecule has 1 aromatic carbocycles. The summed E-state index contributed by atoms with van der Waals surface area (Å²) in [6.07, 6.45) is -1.49. The first-order valence-corrected chi connectivity index (χ1v) is 19.4. The third-order valence-corrected chi connectivity index (χ3v) is 12.3. The Balaban J connectivity index is 0.00000620. The largest absolute Gasteiger partial charge is 1.00 e. The molecule has 3 aliphatic rings. The molecule has 0 saturated carbocycles. The normalized spacial score (nSPS) is 19.4. The van der Waals surface area contributed by atoms with Gasteiger partial charge < -0.3 is 45.9 Å². The molecule has 3 aromatic rings. The number of aryl methyl sites for hydroxylation is 1. The molecule has 57 heavy (non-hydrogen) atoms. The van der Waals surface area contributed by atoms with Crippen LogP contribution >= 0.6 is 46.3 Å². The maximum Gasteiger partial charge on any atom is 1.00 e. The van der Waals surface area contributed by atoms with Crippen molar-refractivity contribution in [1.82, 2.24) is 25.0 Å². The number of aromatic hydroxyl groups is 2. The summed E-state index contributed by atoms with van der Waals surface area (Å²) in [5, 5.41) is 58.5. The van der Waals surface area contributed by atoms with Gasteiger partial charge in [-0.2, -0.15) is 5.10 Å². The topological polar surface area (TPSA) is 297 Å². The summed E-state index contributed by atoms with van der Waals surface area (Å²) in [6, 6.07) is -0.0806. The molecule has 0 bridgehead atoms. The van der Waals surface area contributed by atoms with Crippen molar-refractivity contribution in [3.8, 4) is 11.5 Å². The number of carbonyl (C=O) groups excluding carboxylic acids is 2. The van der Waals surface area contributed by atoms with Gasteiger partial charge in [0.25, 0.3) is 11.8 Å². The number of β-lactam (4-membered cyclic amide) rings is 1. The summed E-state index contributed by atoms with van der Waals surface area (Å²) in [6.45, 7) is 3.40. The number of carboxylic acid groups (broad SMARTS) is 3. The van der Waals surface area contributed by atoms with E-state index in [9.17, 15) is 49.2 Å². The molecule has 0 radical (unpaired) electrons. The van der Waals surface area contributed by atoms with Gasteiger partial charge in [-0.15, -0.1) is 11.8 Å². The van der Waals surface area contributed by atoms with E-state index in [-0.39, 0.29) is 95.4 Å². The number of quaternary nitrogens is 1. The van der Waals surface area contributed by atoms with E-state index in [1.54, 1.807) is 6.92 Å². The van der Waals surface area contributed by atoms with E-state index in [0.717, 1.165) is 29.1 Å². The molecule has 20 nitrogen and oxygen atoms in total. The van der Waals surface area contributed by atoms with Gasteiger partial charge in [0.2, 0.25) is 11.5 Å². The number of thiazole rings is 1. The van der Waals surface area contributed by atoms with E-state index in [1.165, 1.54) is 22.5 Å². The Morgan fingerprint density at radius 2 is 1.82 bits per heavy atom. The fourth-order valence-corrected chi connectivity index (χ4v) is 9.53. The number of benzene rings is 1. The van der Waals surface area contributed by atoms with Crippen molar-refractivity contribution in [2.75, 3.05) is 31.1 Å². The number of aliphatic carboxylic acids is 3. The molecule has 0 unspecified atom stereocenters. The number of fused-ring (bicyclic) bond motifs is 2. The third kappa shape index (κ3) is 8.53. The van der Waals surface area contributed by atoms with Crippen LogP contribution in [0.15, 0.2) is 27.3 Å². The number of thioether (sulfide) groups is 1. The van der Waals surface area contributed by atoms with Crippen molar-refractivity contribution >= 4 is 97.8 Å². The molecule has 0 spiro atoms. The average Bonchev–Trinajstić information content (AvgIpc) is 3.74. The van der Waals surface area contributed by atoms with Crippen LogP contribution in [0.3, 0.4) is 0 Å². The van der Waals surface area contributed by atoms with Crippen LogP contribution in [0.2, 0.25) is 9.36 Å². The Bertz CT molecular complexity index is 2320. The molecular formula is C32H33Cl2N8NaO12S2+2. The number of rotatable bonds is 14. The summed E-state index contributed by atoms with van der Waals surface area (Å²) < 4.78 is 1.57. The summed E-state index contributed by atoms with van der Waals surface area (Å²) in [7, 11) is 0. The molecule has 3 atom stereocenters. The number of nitrogens with two attached hydrogens (primary N) is 1. The summed E-state index contributed by atoms with van der Waals surface area (Å²) in [5.41, 5.74) is 4.61. The molecule has 6 rings (SSSR count). The first-order chi connectivity index (χ1) is 26.5. The molecule has 8 N–H and O–H groups in total. The van der Waals surface area contributed by atoms with Gasteiger partial charge >= 0.3 is 47.5 Å². The molecule has 2 aromatic heterocycles. The second kappa shape index (κ2) is 17.4. The first kappa shape index (κ1) is 44.0. The average molecular weight is 880 g/mol. The van der Waals surface area contributed by atoms with E-state index in [2.05, 4.69) is 20.6 Å². The van der Waals surface area contributed by atoms with Gasteiger partial charge in [-0.1, -0.05) is 39.7 Å². The number of oxime groups is 1. The number of aromatic nitrogens is 3. The Hall–Kier alpha value is -4.16. The van der Waals surface area contributed by atoms with E-state index >= 15 is 0 Å². The van der Waals surface area contributed by atoms with Gasteiger partial charge in [-0.25, -0.2) is 14.6 Å². The fraction of sp³-hybridized carbons (Fsp3) is 0.406. The molecule has 298 valence electrons. The zero-order valence-electron chi connectivity index (χ0n) is 30.1. The number of anilines is 1. The van der Waals surface area contributed by atoms with Crippen molar-refractivity contribution in [2.24, 2.45) is 5.16 Å². The zero-order chi connectivity index (χ0) is 40.8. The van der Waals surface area contributed by atoms with E-state index in [0.29, 0.717) is 25.2 Å². The standard InChI is InChI=1S/C32H32Cl2N8O12S2.Na/c1-2-40-14-7-15(43)25(47)19(33)18(14)24(46)13(38-40)10-42(5-3-4-6-42)9-12-11-55-29-22(28(49)41(29)23(12)31(52)53)36-27(48)21(20-26(34)56-32(35)37-20)39-54-16(30(50)51)8-17(44)45;/h7,16,22,29H,2-6,8-11H2,1H3,(H7-,35,36,37,38,39,43,44,45,46,47,48,50,51,52,53);/q;+1/p+1/t16-,22+,29+;/m0./s1. The number of nitrogen functional groups attached to an aromatic ring is 1. The number of likely N-dealkylation sites (tertiary alicyclic amines) is 1. The molecule has 0 aliphatic carbocycles. The van der Waals surface area contributed by atoms with Crippen molar-refractivity contribution in [3.05, 3.63) is 48.3 Å². The number of phenolic OH excluding ortho intramolecular Hbond substituents is 2. The van der Waals surface area contributed by atoms with Crippen molar-refractivity contribution in [3.63, 3.8) is 0 Å². The Kier molecular flexibility index (Phi) is 13.4. The molecule has 25 heteroatoms. The van der Waals surface area contributed by atoms with Crippen LogP contribution in [0.1, 0.15) is 37.6 Å². The van der Waals surface area contributed by atoms with Gasteiger partial charge in [0, 0.05) is 36.8 Å². The minimum Gasteiger partial charge on any atom is -0.504 e. The second-order valence-corrected chi connectivity index (χ2v) is 16.2. The van der Waals surface area contributed by atoms with E-state index in [1.807, 2.05) is 0 Å². The molecule has 2 saturated heterocycles. The van der Waals surface area contributed by atoms with Crippen LogP contribution in [-0.2, 0) is 41.9 Å². The van der Waals surface area contributed by atoms with Gasteiger partial charge in [0.05, 0.1) is 35.4 Å². The fourth-order valence-electron chi connectivity index (χ4n) is 6.98. The van der Waals surface area contributed by atoms with E-state index < -0.39 is 76.3 Å².